The molecule has 0 N–H and O–H groups in total. The van der Waals surface area contributed by atoms with Crippen molar-refractivity contribution in [1.82, 2.24) is 4.90 Å². The zero-order chi connectivity index (χ0) is 22.1. The lowest BCUT2D eigenvalue weighted by Crippen LogP contribution is -2.32. The smallest absolute Gasteiger partial charge is 0.130 e. The summed E-state index contributed by atoms with van der Waals surface area (Å²) in [5, 5.41) is 0. The molecule has 30 heavy (non-hydrogen) atoms. The first-order valence-corrected chi connectivity index (χ1v) is 12.0. The monoisotopic (exact) mass is 411 g/mol. The van der Waals surface area contributed by atoms with Crippen molar-refractivity contribution >= 4 is 0 Å². The van der Waals surface area contributed by atoms with Gasteiger partial charge in [0.15, 0.2) is 0 Å². The van der Waals surface area contributed by atoms with Crippen molar-refractivity contribution in [2.45, 2.75) is 91.8 Å². The number of aryl methyl sites for hydroxylation is 3. The number of piperidine rings is 1. The van der Waals surface area contributed by atoms with Crippen molar-refractivity contribution in [3.05, 3.63) is 70.3 Å². The summed E-state index contributed by atoms with van der Waals surface area (Å²) in [6, 6.07) is 15.3. The minimum absolute atomic E-state index is 0.446. The molecule has 4 rings (SSSR count). The van der Waals surface area contributed by atoms with Crippen LogP contribution in [0, 0.1) is 6.92 Å². The lowest BCUT2D eigenvalue weighted by Gasteiger charge is -2.32. The van der Waals surface area contributed by atoms with Gasteiger partial charge in [-0.05, 0) is 95.1 Å². The Morgan fingerprint density at radius 1 is 0.833 bits per heavy atom. The molecule has 166 valence electrons. The molecule has 1 aliphatic carbocycles. The zero-order valence-electron chi connectivity index (χ0n) is 20.1. The zero-order valence-corrected chi connectivity index (χ0v) is 20.1. The van der Waals surface area contributed by atoms with Gasteiger partial charge in [-0.1, -0.05) is 68.3 Å². The number of rotatable bonds is 3. The third kappa shape index (κ3) is 6.94. The predicted molar refractivity (Wildman–Crippen MR) is 129 cm³/mol. The Kier molecular flexibility index (Phi) is 9.55. The molecule has 1 aliphatic heterocycles. The van der Waals surface area contributed by atoms with E-state index in [0.29, 0.717) is 6.04 Å². The lowest BCUT2D eigenvalue weighted by molar-refractivity contribution is 0.174. The summed E-state index contributed by atoms with van der Waals surface area (Å²) in [6.45, 7) is 14.0. The minimum atomic E-state index is -1.24. The number of halogens is 1. The van der Waals surface area contributed by atoms with E-state index >= 15 is 0 Å². The molecule has 1 fully saturated rings. The van der Waals surface area contributed by atoms with Crippen molar-refractivity contribution in [3.8, 4) is 0 Å². The van der Waals surface area contributed by atoms with Crippen LogP contribution in [0.5, 0.6) is 0 Å². The van der Waals surface area contributed by atoms with Crippen LogP contribution in [0.15, 0.2) is 42.5 Å². The van der Waals surface area contributed by atoms with Gasteiger partial charge >= 0.3 is 0 Å². The normalized spacial score (nSPS) is 17.2. The first kappa shape index (κ1) is 24.6. The topological polar surface area (TPSA) is 3.24 Å². The predicted octanol–water partition coefficient (Wildman–Crippen LogP) is 7.95. The molecule has 1 heterocycles. The highest BCUT2D eigenvalue weighted by atomic mass is 19.1. The standard InChI is InChI=1S/C16H24FN.C10H12.C2H6/c1-13(18-11-5-4-6-12-18)14-7-9-15(10-8-14)16(2,3)17;1-8-5-6-9-3-2-4-10(9)7-8;1-2/h7-10,13H,4-6,11-12H2,1-3H3;5-7H,2-4H2,1H3;1-2H3. The van der Waals surface area contributed by atoms with Gasteiger partial charge in [-0.25, -0.2) is 4.39 Å². The van der Waals surface area contributed by atoms with Crippen LogP contribution in [0.25, 0.3) is 0 Å². The van der Waals surface area contributed by atoms with Gasteiger partial charge in [0, 0.05) is 6.04 Å². The highest BCUT2D eigenvalue weighted by Crippen LogP contribution is 2.28. The van der Waals surface area contributed by atoms with E-state index in [4.69, 9.17) is 0 Å². The molecule has 2 heteroatoms. The van der Waals surface area contributed by atoms with Crippen molar-refractivity contribution in [3.63, 3.8) is 0 Å². The Balaban J connectivity index is 0.000000224. The van der Waals surface area contributed by atoms with Gasteiger partial charge in [-0.2, -0.15) is 0 Å². The number of nitrogens with zero attached hydrogens (tertiary/aromatic N) is 1. The second-order valence-electron chi connectivity index (χ2n) is 8.99. The summed E-state index contributed by atoms with van der Waals surface area (Å²) >= 11 is 0. The summed E-state index contributed by atoms with van der Waals surface area (Å²) in [7, 11) is 0. The molecule has 1 unspecified atom stereocenters. The maximum atomic E-state index is 13.8. The van der Waals surface area contributed by atoms with E-state index in [0.717, 1.165) is 5.56 Å². The summed E-state index contributed by atoms with van der Waals surface area (Å²) in [6.07, 6.45) is 7.93. The molecule has 1 atom stereocenters. The van der Waals surface area contributed by atoms with Crippen molar-refractivity contribution in [1.29, 1.82) is 0 Å². The first-order chi connectivity index (χ1) is 14.3. The maximum absolute atomic E-state index is 13.8. The number of fused-ring (bicyclic) bond motifs is 1. The molecule has 2 aromatic carbocycles. The molecule has 0 aromatic heterocycles. The van der Waals surface area contributed by atoms with Gasteiger partial charge in [0.05, 0.1) is 0 Å². The molecule has 1 nitrogen and oxygen atoms in total. The Labute approximate surface area is 184 Å². The van der Waals surface area contributed by atoms with E-state index in [9.17, 15) is 4.39 Å². The largest absolute Gasteiger partial charge is 0.297 e. The van der Waals surface area contributed by atoms with Gasteiger partial charge in [-0.3, -0.25) is 4.90 Å². The van der Waals surface area contributed by atoms with E-state index in [1.54, 1.807) is 25.0 Å². The van der Waals surface area contributed by atoms with Crippen LogP contribution >= 0.6 is 0 Å². The van der Waals surface area contributed by atoms with Gasteiger partial charge in [-0.15, -0.1) is 0 Å². The van der Waals surface area contributed by atoms with Crippen molar-refractivity contribution < 1.29 is 4.39 Å². The van der Waals surface area contributed by atoms with Crippen LogP contribution in [-0.2, 0) is 18.5 Å². The van der Waals surface area contributed by atoms with Crippen molar-refractivity contribution in [2.75, 3.05) is 13.1 Å². The van der Waals surface area contributed by atoms with Crippen LogP contribution in [-0.4, -0.2) is 18.0 Å². The third-order valence-electron chi connectivity index (χ3n) is 6.27. The van der Waals surface area contributed by atoms with Crippen LogP contribution in [0.4, 0.5) is 4.39 Å². The number of likely N-dealkylation sites (tertiary alicyclic amines) is 1. The van der Waals surface area contributed by atoms with Crippen molar-refractivity contribution in [2.24, 2.45) is 0 Å². The van der Waals surface area contributed by atoms with Crippen LogP contribution in [0.3, 0.4) is 0 Å². The van der Waals surface area contributed by atoms with E-state index in [1.807, 2.05) is 26.0 Å². The number of hydrogen-bond acceptors (Lipinski definition) is 1. The second-order valence-corrected chi connectivity index (χ2v) is 8.99. The fourth-order valence-electron chi connectivity index (χ4n) is 4.38. The lowest BCUT2D eigenvalue weighted by atomic mass is 9.96. The van der Waals surface area contributed by atoms with Gasteiger partial charge in [0.2, 0.25) is 0 Å². The van der Waals surface area contributed by atoms with E-state index in [2.05, 4.69) is 49.1 Å². The molecule has 2 aromatic rings. The number of benzene rings is 2. The molecule has 0 radical (unpaired) electrons. The van der Waals surface area contributed by atoms with Gasteiger partial charge in [0.1, 0.15) is 5.67 Å². The number of alkyl halides is 1. The molecule has 0 saturated carbocycles. The SMILES string of the molecule is CC.CC(c1ccc(C(C)(C)F)cc1)N1CCCCC1.Cc1ccc2c(c1)CCC2. The van der Waals surface area contributed by atoms with E-state index in [1.165, 1.54) is 62.7 Å². The Hall–Kier alpha value is -1.67. The molecule has 0 spiro atoms. The fourth-order valence-corrected chi connectivity index (χ4v) is 4.38. The first-order valence-electron chi connectivity index (χ1n) is 12.0. The average Bonchev–Trinajstić information content (AvgIpc) is 3.23. The average molecular weight is 412 g/mol. The van der Waals surface area contributed by atoms with Crippen LogP contribution in [0.2, 0.25) is 0 Å². The molecular formula is C28H42FN. The Morgan fingerprint density at radius 3 is 2.03 bits per heavy atom. The van der Waals surface area contributed by atoms with E-state index in [-0.39, 0.29) is 0 Å². The second kappa shape index (κ2) is 11.6. The molecule has 0 bridgehead atoms. The molecule has 1 saturated heterocycles. The van der Waals surface area contributed by atoms with Crippen LogP contribution < -0.4 is 0 Å². The third-order valence-corrected chi connectivity index (χ3v) is 6.27. The summed E-state index contributed by atoms with van der Waals surface area (Å²) < 4.78 is 13.8. The highest BCUT2D eigenvalue weighted by molar-refractivity contribution is 5.34. The van der Waals surface area contributed by atoms with Crippen LogP contribution in [0.1, 0.15) is 94.2 Å². The number of hydrogen-bond donors (Lipinski definition) is 0. The molecular weight excluding hydrogens is 369 g/mol. The summed E-state index contributed by atoms with van der Waals surface area (Å²) in [4.78, 5) is 2.53. The Morgan fingerprint density at radius 2 is 1.43 bits per heavy atom. The van der Waals surface area contributed by atoms with Gasteiger partial charge in [0.25, 0.3) is 0 Å². The highest BCUT2D eigenvalue weighted by Gasteiger charge is 2.21. The van der Waals surface area contributed by atoms with Gasteiger partial charge < -0.3 is 0 Å². The Bertz CT molecular complexity index is 751. The fraction of sp³-hybridized carbons (Fsp3) is 0.571. The minimum Gasteiger partial charge on any atom is -0.297 e. The molecule has 2 aliphatic rings. The summed E-state index contributed by atoms with van der Waals surface area (Å²) in [5.41, 5.74) is 5.38. The molecule has 0 amide bonds. The quantitative estimate of drug-likeness (QED) is 0.495. The van der Waals surface area contributed by atoms with E-state index < -0.39 is 5.67 Å². The maximum Gasteiger partial charge on any atom is 0.130 e. The summed E-state index contributed by atoms with van der Waals surface area (Å²) in [5.74, 6) is 0.